The van der Waals surface area contributed by atoms with E-state index in [4.69, 9.17) is 14.0 Å². The maximum Gasteiger partial charge on any atom is 0.258 e. The predicted molar refractivity (Wildman–Crippen MR) is 69.2 cm³/mol. The first kappa shape index (κ1) is 12.2. The van der Waals surface area contributed by atoms with E-state index in [1.165, 1.54) is 0 Å². The van der Waals surface area contributed by atoms with Gasteiger partial charge in [0.05, 0.1) is 13.7 Å². The van der Waals surface area contributed by atoms with E-state index in [1.54, 1.807) is 7.11 Å². The van der Waals surface area contributed by atoms with Gasteiger partial charge in [0.2, 0.25) is 0 Å². The highest BCUT2D eigenvalue weighted by molar-refractivity contribution is 5.57. The smallest absolute Gasteiger partial charge is 0.258 e. The predicted octanol–water partition coefficient (Wildman–Crippen LogP) is 2.56. The molecule has 5 heteroatoms. The van der Waals surface area contributed by atoms with Crippen LogP contribution in [0.2, 0.25) is 0 Å². The number of rotatable bonds is 3. The molecular weight excluding hydrogens is 244 g/mol. The molecule has 0 aliphatic carbocycles. The highest BCUT2D eigenvalue weighted by Gasteiger charge is 2.23. The van der Waals surface area contributed by atoms with E-state index >= 15 is 0 Å². The summed E-state index contributed by atoms with van der Waals surface area (Å²) in [6.07, 6.45) is 0.955. The number of aromatic nitrogens is 2. The van der Waals surface area contributed by atoms with Crippen LogP contribution >= 0.6 is 0 Å². The Morgan fingerprint density at radius 2 is 2.26 bits per heavy atom. The lowest BCUT2D eigenvalue weighted by Gasteiger charge is -2.04. The Morgan fingerprint density at radius 3 is 3.00 bits per heavy atom. The lowest BCUT2D eigenvalue weighted by Crippen LogP contribution is -1.99. The average Bonchev–Trinajstić information content (AvgIpc) is 3.10. The highest BCUT2D eigenvalue weighted by atomic mass is 16.5. The Morgan fingerprint density at radius 1 is 1.37 bits per heavy atom. The molecule has 2 heterocycles. The molecule has 2 aromatic rings. The second-order valence-corrected chi connectivity index (χ2v) is 4.70. The summed E-state index contributed by atoms with van der Waals surface area (Å²) in [5.74, 6) is 2.33. The zero-order valence-corrected chi connectivity index (χ0v) is 11.0. The van der Waals surface area contributed by atoms with Gasteiger partial charge in [0.25, 0.3) is 5.89 Å². The van der Waals surface area contributed by atoms with E-state index in [9.17, 15) is 0 Å². The third-order valence-corrected chi connectivity index (χ3v) is 3.39. The van der Waals surface area contributed by atoms with Crippen molar-refractivity contribution >= 4 is 0 Å². The molecule has 1 fully saturated rings. The molecule has 0 bridgehead atoms. The van der Waals surface area contributed by atoms with Crippen LogP contribution < -0.4 is 4.74 Å². The Hall–Kier alpha value is -1.88. The fourth-order valence-electron chi connectivity index (χ4n) is 2.21. The van der Waals surface area contributed by atoms with Crippen molar-refractivity contribution in [2.45, 2.75) is 19.3 Å². The van der Waals surface area contributed by atoms with Crippen molar-refractivity contribution in [1.82, 2.24) is 10.1 Å². The largest absolute Gasteiger partial charge is 0.496 e. The number of benzene rings is 1. The Bertz CT molecular complexity index is 574. The first-order chi connectivity index (χ1) is 9.28. The van der Waals surface area contributed by atoms with Crippen LogP contribution in [-0.2, 0) is 4.74 Å². The van der Waals surface area contributed by atoms with Crippen LogP contribution in [0.1, 0.15) is 23.7 Å². The zero-order valence-electron chi connectivity index (χ0n) is 11.0. The summed E-state index contributed by atoms with van der Waals surface area (Å²) in [6.45, 7) is 3.45. The molecule has 1 saturated heterocycles. The van der Waals surface area contributed by atoms with Gasteiger partial charge in [-0.1, -0.05) is 11.2 Å². The van der Waals surface area contributed by atoms with Gasteiger partial charge in [-0.15, -0.1) is 0 Å². The topological polar surface area (TPSA) is 57.4 Å². The van der Waals surface area contributed by atoms with E-state index in [-0.39, 0.29) is 5.92 Å². The van der Waals surface area contributed by atoms with E-state index in [1.807, 2.05) is 25.1 Å². The molecule has 0 spiro atoms. The minimum absolute atomic E-state index is 0.254. The van der Waals surface area contributed by atoms with Crippen LogP contribution in [-0.4, -0.2) is 30.5 Å². The number of hydrogen-bond acceptors (Lipinski definition) is 5. The van der Waals surface area contributed by atoms with Crippen molar-refractivity contribution in [3.8, 4) is 17.2 Å². The summed E-state index contributed by atoms with van der Waals surface area (Å²) in [4.78, 5) is 4.45. The monoisotopic (exact) mass is 260 g/mol. The molecule has 1 aromatic carbocycles. The minimum Gasteiger partial charge on any atom is -0.496 e. The van der Waals surface area contributed by atoms with E-state index < -0.39 is 0 Å². The Balaban J connectivity index is 1.89. The van der Waals surface area contributed by atoms with E-state index in [0.717, 1.165) is 35.7 Å². The van der Waals surface area contributed by atoms with Crippen LogP contribution in [0, 0.1) is 6.92 Å². The molecule has 0 radical (unpaired) electrons. The summed E-state index contributed by atoms with van der Waals surface area (Å²) in [5, 5.41) is 4.05. The van der Waals surface area contributed by atoms with Crippen molar-refractivity contribution < 1.29 is 14.0 Å². The number of methoxy groups -OCH3 is 1. The number of ether oxygens (including phenoxy) is 2. The van der Waals surface area contributed by atoms with Gasteiger partial charge in [0.15, 0.2) is 5.82 Å². The van der Waals surface area contributed by atoms with E-state index in [0.29, 0.717) is 12.5 Å². The molecule has 5 nitrogen and oxygen atoms in total. The lowest BCUT2D eigenvalue weighted by atomic mass is 10.1. The standard InChI is InChI=1S/C14H16N2O3/c1-9-3-4-10(7-12(9)17-2)14-15-13(16-19-14)11-5-6-18-8-11/h3-4,7,11H,5-6,8H2,1-2H3/t11-/m0/s1. The molecule has 0 amide bonds. The van der Waals surface area contributed by atoms with Crippen LogP contribution in [0.5, 0.6) is 5.75 Å². The first-order valence-corrected chi connectivity index (χ1v) is 6.34. The Labute approximate surface area is 111 Å². The van der Waals surface area contributed by atoms with Gasteiger partial charge in [-0.05, 0) is 31.0 Å². The fourth-order valence-corrected chi connectivity index (χ4v) is 2.21. The number of hydrogen-bond donors (Lipinski definition) is 0. The van der Waals surface area contributed by atoms with Gasteiger partial charge in [-0.25, -0.2) is 0 Å². The molecule has 1 aliphatic heterocycles. The lowest BCUT2D eigenvalue weighted by molar-refractivity contribution is 0.192. The van der Waals surface area contributed by atoms with Crippen LogP contribution in [0.3, 0.4) is 0 Å². The molecule has 0 N–H and O–H groups in total. The molecule has 3 rings (SSSR count). The van der Waals surface area contributed by atoms with Crippen molar-refractivity contribution in [2.75, 3.05) is 20.3 Å². The molecule has 19 heavy (non-hydrogen) atoms. The van der Waals surface area contributed by atoms with Gasteiger partial charge in [0, 0.05) is 18.1 Å². The number of nitrogens with zero attached hydrogens (tertiary/aromatic N) is 2. The van der Waals surface area contributed by atoms with Gasteiger partial charge in [-0.2, -0.15) is 4.98 Å². The van der Waals surface area contributed by atoms with Crippen LogP contribution in [0.25, 0.3) is 11.5 Å². The first-order valence-electron chi connectivity index (χ1n) is 6.34. The molecule has 100 valence electrons. The normalized spacial score (nSPS) is 18.7. The van der Waals surface area contributed by atoms with Crippen molar-refractivity contribution in [2.24, 2.45) is 0 Å². The van der Waals surface area contributed by atoms with Gasteiger partial charge in [0.1, 0.15) is 5.75 Å². The summed E-state index contributed by atoms with van der Waals surface area (Å²) in [5.41, 5.74) is 1.95. The summed E-state index contributed by atoms with van der Waals surface area (Å²) < 4.78 is 16.0. The summed E-state index contributed by atoms with van der Waals surface area (Å²) in [7, 11) is 1.65. The molecule has 1 aromatic heterocycles. The number of aryl methyl sites for hydroxylation is 1. The Kier molecular flexibility index (Phi) is 3.21. The highest BCUT2D eigenvalue weighted by Crippen LogP contribution is 2.28. The fraction of sp³-hybridized carbons (Fsp3) is 0.429. The van der Waals surface area contributed by atoms with Crippen LogP contribution in [0.4, 0.5) is 0 Å². The van der Waals surface area contributed by atoms with Crippen molar-refractivity contribution in [3.63, 3.8) is 0 Å². The van der Waals surface area contributed by atoms with E-state index in [2.05, 4.69) is 10.1 Å². The van der Waals surface area contributed by atoms with Crippen molar-refractivity contribution in [3.05, 3.63) is 29.6 Å². The summed E-state index contributed by atoms with van der Waals surface area (Å²) in [6, 6.07) is 5.86. The molecule has 1 atom stereocenters. The summed E-state index contributed by atoms with van der Waals surface area (Å²) >= 11 is 0. The quantitative estimate of drug-likeness (QED) is 0.848. The molecule has 1 aliphatic rings. The third-order valence-electron chi connectivity index (χ3n) is 3.39. The van der Waals surface area contributed by atoms with Gasteiger partial charge in [-0.3, -0.25) is 0 Å². The average molecular weight is 260 g/mol. The minimum atomic E-state index is 0.254. The van der Waals surface area contributed by atoms with Crippen LogP contribution in [0.15, 0.2) is 22.7 Å². The second-order valence-electron chi connectivity index (χ2n) is 4.70. The zero-order chi connectivity index (χ0) is 13.2. The van der Waals surface area contributed by atoms with Gasteiger partial charge >= 0.3 is 0 Å². The molecule has 0 saturated carbocycles. The SMILES string of the molecule is COc1cc(-c2nc([C@H]3CCOC3)no2)ccc1C. The maximum atomic E-state index is 5.34. The third kappa shape index (κ3) is 2.33. The second kappa shape index (κ2) is 5.01. The van der Waals surface area contributed by atoms with Gasteiger partial charge < -0.3 is 14.0 Å². The van der Waals surface area contributed by atoms with Crippen molar-refractivity contribution in [1.29, 1.82) is 0 Å². The molecule has 0 unspecified atom stereocenters. The molecular formula is C14H16N2O3. The maximum absolute atomic E-state index is 5.34.